The molecule has 0 unspecified atom stereocenters. The lowest BCUT2D eigenvalue weighted by molar-refractivity contribution is 0.365. The SMILES string of the molecule is CCCCCCCCNCCCCCCCCCCC(CCCCCCCC)CCCCCCCC. The quantitative estimate of drug-likeness (QED) is 0.0892. The summed E-state index contributed by atoms with van der Waals surface area (Å²) in [6.07, 6.45) is 42.2. The van der Waals surface area contributed by atoms with E-state index in [1.165, 1.54) is 199 Å². The molecule has 0 aromatic carbocycles. The molecule has 1 heteroatoms. The number of rotatable bonds is 32. The summed E-state index contributed by atoms with van der Waals surface area (Å²) < 4.78 is 0. The van der Waals surface area contributed by atoms with E-state index >= 15 is 0 Å². The molecule has 218 valence electrons. The Balaban J connectivity index is 3.60. The molecular weight excluding hydrogens is 434 g/mol. The third-order valence-corrected chi connectivity index (χ3v) is 8.35. The van der Waals surface area contributed by atoms with E-state index < -0.39 is 0 Å². The highest BCUT2D eigenvalue weighted by Crippen LogP contribution is 2.25. The summed E-state index contributed by atoms with van der Waals surface area (Å²) in [6, 6.07) is 0. The monoisotopic (exact) mass is 508 g/mol. The summed E-state index contributed by atoms with van der Waals surface area (Å²) in [5, 5.41) is 3.66. The van der Waals surface area contributed by atoms with Crippen molar-refractivity contribution in [2.75, 3.05) is 13.1 Å². The van der Waals surface area contributed by atoms with Gasteiger partial charge >= 0.3 is 0 Å². The fourth-order valence-corrected chi connectivity index (χ4v) is 5.76. The maximum Gasteiger partial charge on any atom is -0.00489 e. The molecule has 0 radical (unpaired) electrons. The Morgan fingerprint density at radius 2 is 0.556 bits per heavy atom. The zero-order valence-corrected chi connectivity index (χ0v) is 26.0. The Morgan fingerprint density at radius 1 is 0.306 bits per heavy atom. The van der Waals surface area contributed by atoms with Crippen LogP contribution in [0.2, 0.25) is 0 Å². The Labute approximate surface area is 231 Å². The first-order chi connectivity index (χ1) is 17.8. The molecular formula is C35H73N. The maximum absolute atomic E-state index is 3.66. The van der Waals surface area contributed by atoms with E-state index in [0.717, 1.165) is 5.92 Å². The second-order valence-electron chi connectivity index (χ2n) is 12.1. The fraction of sp³-hybridized carbons (Fsp3) is 1.00. The Hall–Kier alpha value is -0.0400. The molecule has 0 aromatic heterocycles. The van der Waals surface area contributed by atoms with E-state index in [1.807, 2.05) is 0 Å². The van der Waals surface area contributed by atoms with Crippen LogP contribution in [0.25, 0.3) is 0 Å². The molecule has 0 bridgehead atoms. The van der Waals surface area contributed by atoms with Crippen LogP contribution in [0.5, 0.6) is 0 Å². The lowest BCUT2D eigenvalue weighted by Gasteiger charge is -2.17. The van der Waals surface area contributed by atoms with Gasteiger partial charge in [0.25, 0.3) is 0 Å². The average Bonchev–Trinajstić information content (AvgIpc) is 2.89. The van der Waals surface area contributed by atoms with E-state index in [1.54, 1.807) is 0 Å². The molecule has 1 nitrogen and oxygen atoms in total. The van der Waals surface area contributed by atoms with Gasteiger partial charge in [-0.1, -0.05) is 194 Å². The van der Waals surface area contributed by atoms with Gasteiger partial charge in [-0.05, 0) is 31.8 Å². The standard InChI is InChI=1S/C35H73N/c1-4-7-10-13-20-25-30-35(31-26-21-14-11-8-5-2)32-27-22-18-16-17-19-24-29-34-36-33-28-23-15-12-9-6-3/h35-36H,4-34H2,1-3H3. The summed E-state index contributed by atoms with van der Waals surface area (Å²) in [7, 11) is 0. The summed E-state index contributed by atoms with van der Waals surface area (Å²) in [5.74, 6) is 1.03. The smallest absolute Gasteiger partial charge is 0.00489 e. The lowest BCUT2D eigenvalue weighted by Crippen LogP contribution is -2.16. The maximum atomic E-state index is 3.66. The van der Waals surface area contributed by atoms with Crippen molar-refractivity contribution in [3.8, 4) is 0 Å². The van der Waals surface area contributed by atoms with Gasteiger partial charge in [-0.15, -0.1) is 0 Å². The molecule has 0 fully saturated rings. The highest BCUT2D eigenvalue weighted by atomic mass is 14.8. The van der Waals surface area contributed by atoms with Crippen LogP contribution in [0, 0.1) is 5.92 Å². The van der Waals surface area contributed by atoms with Crippen LogP contribution in [-0.2, 0) is 0 Å². The number of unbranched alkanes of at least 4 members (excludes halogenated alkanes) is 22. The number of hydrogen-bond acceptors (Lipinski definition) is 1. The average molecular weight is 508 g/mol. The van der Waals surface area contributed by atoms with Gasteiger partial charge in [0.1, 0.15) is 0 Å². The van der Waals surface area contributed by atoms with Gasteiger partial charge in [0.2, 0.25) is 0 Å². The van der Waals surface area contributed by atoms with Crippen molar-refractivity contribution in [3.05, 3.63) is 0 Å². The lowest BCUT2D eigenvalue weighted by atomic mass is 9.89. The van der Waals surface area contributed by atoms with E-state index in [-0.39, 0.29) is 0 Å². The van der Waals surface area contributed by atoms with Gasteiger partial charge in [0.05, 0.1) is 0 Å². The van der Waals surface area contributed by atoms with Crippen molar-refractivity contribution >= 4 is 0 Å². The molecule has 0 rings (SSSR count). The minimum Gasteiger partial charge on any atom is -0.317 e. The molecule has 0 aromatic rings. The van der Waals surface area contributed by atoms with Gasteiger partial charge in [0, 0.05) is 0 Å². The molecule has 0 heterocycles. The first-order valence-corrected chi connectivity index (χ1v) is 17.6. The van der Waals surface area contributed by atoms with Gasteiger partial charge in [0.15, 0.2) is 0 Å². The van der Waals surface area contributed by atoms with Gasteiger partial charge in [-0.3, -0.25) is 0 Å². The highest BCUT2D eigenvalue weighted by molar-refractivity contribution is 4.62. The van der Waals surface area contributed by atoms with Crippen molar-refractivity contribution in [2.24, 2.45) is 5.92 Å². The van der Waals surface area contributed by atoms with E-state index in [0.29, 0.717) is 0 Å². The normalized spacial score (nSPS) is 11.7. The second kappa shape index (κ2) is 33.0. The van der Waals surface area contributed by atoms with Crippen molar-refractivity contribution in [2.45, 2.75) is 207 Å². The Kier molecular flexibility index (Phi) is 33.0. The second-order valence-corrected chi connectivity index (χ2v) is 12.1. The van der Waals surface area contributed by atoms with Crippen LogP contribution < -0.4 is 5.32 Å². The van der Waals surface area contributed by atoms with Gasteiger partial charge in [-0.2, -0.15) is 0 Å². The van der Waals surface area contributed by atoms with Crippen molar-refractivity contribution < 1.29 is 0 Å². The van der Waals surface area contributed by atoms with Crippen molar-refractivity contribution in [1.29, 1.82) is 0 Å². The number of nitrogens with one attached hydrogen (secondary N) is 1. The van der Waals surface area contributed by atoms with Gasteiger partial charge < -0.3 is 5.32 Å². The molecule has 0 amide bonds. The largest absolute Gasteiger partial charge is 0.317 e. The highest BCUT2D eigenvalue weighted by Gasteiger charge is 2.08. The summed E-state index contributed by atoms with van der Waals surface area (Å²) in [5.41, 5.74) is 0. The first kappa shape index (κ1) is 36.0. The Morgan fingerprint density at radius 3 is 0.861 bits per heavy atom. The molecule has 0 saturated carbocycles. The van der Waals surface area contributed by atoms with Crippen molar-refractivity contribution in [1.82, 2.24) is 5.32 Å². The molecule has 0 saturated heterocycles. The Bertz CT molecular complexity index is 350. The molecule has 1 N–H and O–H groups in total. The third kappa shape index (κ3) is 30.2. The van der Waals surface area contributed by atoms with E-state index in [9.17, 15) is 0 Å². The molecule has 0 spiro atoms. The minimum atomic E-state index is 1.03. The summed E-state index contributed by atoms with van der Waals surface area (Å²) in [4.78, 5) is 0. The minimum absolute atomic E-state index is 1.03. The van der Waals surface area contributed by atoms with Crippen LogP contribution in [0.4, 0.5) is 0 Å². The molecule has 0 aliphatic rings. The van der Waals surface area contributed by atoms with Crippen LogP contribution in [0.3, 0.4) is 0 Å². The molecule has 0 atom stereocenters. The number of hydrogen-bond donors (Lipinski definition) is 1. The molecule has 0 aliphatic carbocycles. The van der Waals surface area contributed by atoms with E-state index in [4.69, 9.17) is 0 Å². The molecule has 36 heavy (non-hydrogen) atoms. The third-order valence-electron chi connectivity index (χ3n) is 8.35. The van der Waals surface area contributed by atoms with Crippen LogP contribution in [0.1, 0.15) is 207 Å². The van der Waals surface area contributed by atoms with Crippen molar-refractivity contribution in [3.63, 3.8) is 0 Å². The summed E-state index contributed by atoms with van der Waals surface area (Å²) in [6.45, 7) is 9.44. The first-order valence-electron chi connectivity index (χ1n) is 17.6. The zero-order valence-electron chi connectivity index (χ0n) is 26.0. The molecule has 0 aliphatic heterocycles. The topological polar surface area (TPSA) is 12.0 Å². The van der Waals surface area contributed by atoms with Crippen LogP contribution in [-0.4, -0.2) is 13.1 Å². The zero-order chi connectivity index (χ0) is 26.2. The predicted octanol–water partition coefficient (Wildman–Crippen LogP) is 12.6. The van der Waals surface area contributed by atoms with Crippen LogP contribution in [0.15, 0.2) is 0 Å². The van der Waals surface area contributed by atoms with Gasteiger partial charge in [-0.25, -0.2) is 0 Å². The van der Waals surface area contributed by atoms with E-state index in [2.05, 4.69) is 26.1 Å². The predicted molar refractivity (Wildman–Crippen MR) is 167 cm³/mol. The summed E-state index contributed by atoms with van der Waals surface area (Å²) >= 11 is 0. The van der Waals surface area contributed by atoms with Crippen LogP contribution >= 0.6 is 0 Å². The fourth-order valence-electron chi connectivity index (χ4n) is 5.76.